The normalized spacial score (nSPS) is 18.7. The predicted octanol–water partition coefficient (Wildman–Crippen LogP) is 2.70. The lowest BCUT2D eigenvalue weighted by atomic mass is 10.2. The van der Waals surface area contributed by atoms with E-state index in [4.69, 9.17) is 4.42 Å². The van der Waals surface area contributed by atoms with E-state index in [2.05, 4.69) is 4.90 Å². The third-order valence-electron chi connectivity index (χ3n) is 6.30. The van der Waals surface area contributed by atoms with Gasteiger partial charge in [-0.3, -0.25) is 9.69 Å². The number of furan rings is 1. The highest BCUT2D eigenvalue weighted by Crippen LogP contribution is 2.25. The van der Waals surface area contributed by atoms with Gasteiger partial charge in [-0.1, -0.05) is 43.2 Å². The third kappa shape index (κ3) is 5.75. The largest absolute Gasteiger partial charge is 0.468 e. The Morgan fingerprint density at radius 3 is 2.35 bits per heavy atom. The number of amides is 1. The van der Waals surface area contributed by atoms with E-state index < -0.39 is 10.0 Å². The van der Waals surface area contributed by atoms with Gasteiger partial charge < -0.3 is 9.32 Å². The molecular weight excluding hydrogens is 414 g/mol. The fourth-order valence-electron chi connectivity index (χ4n) is 4.55. The molecule has 2 heterocycles. The zero-order valence-electron chi connectivity index (χ0n) is 17.9. The molecule has 0 radical (unpaired) electrons. The van der Waals surface area contributed by atoms with Crippen molar-refractivity contribution in [1.29, 1.82) is 0 Å². The van der Waals surface area contributed by atoms with E-state index >= 15 is 0 Å². The summed E-state index contributed by atoms with van der Waals surface area (Å²) in [7, 11) is -3.38. The Hall–Kier alpha value is -2.16. The van der Waals surface area contributed by atoms with E-state index in [0.29, 0.717) is 45.3 Å². The molecule has 8 heteroatoms. The van der Waals surface area contributed by atoms with Gasteiger partial charge in [-0.25, -0.2) is 8.42 Å². The van der Waals surface area contributed by atoms with Crippen LogP contribution < -0.4 is 0 Å². The molecule has 0 bridgehead atoms. The highest BCUT2D eigenvalue weighted by Gasteiger charge is 2.31. The summed E-state index contributed by atoms with van der Waals surface area (Å²) in [5.41, 5.74) is 0.783. The van der Waals surface area contributed by atoms with Gasteiger partial charge in [0, 0.05) is 32.2 Å². The summed E-state index contributed by atoms with van der Waals surface area (Å²) >= 11 is 0. The number of rotatable bonds is 8. The minimum absolute atomic E-state index is 0.000388. The van der Waals surface area contributed by atoms with Crippen molar-refractivity contribution >= 4 is 15.9 Å². The van der Waals surface area contributed by atoms with E-state index in [1.807, 2.05) is 42.5 Å². The number of piperazine rings is 1. The lowest BCUT2D eigenvalue weighted by molar-refractivity contribution is -0.134. The van der Waals surface area contributed by atoms with E-state index in [9.17, 15) is 13.2 Å². The van der Waals surface area contributed by atoms with Gasteiger partial charge in [0.2, 0.25) is 15.9 Å². The number of hydrogen-bond donors (Lipinski definition) is 0. The number of nitrogens with zero attached hydrogens (tertiary/aromatic N) is 3. The number of carbonyl (C=O) groups is 1. The molecule has 1 aliphatic heterocycles. The molecule has 4 rings (SSSR count). The highest BCUT2D eigenvalue weighted by atomic mass is 32.2. The first-order chi connectivity index (χ1) is 15.0. The van der Waals surface area contributed by atoms with E-state index in [0.717, 1.165) is 24.2 Å². The number of benzene rings is 1. The van der Waals surface area contributed by atoms with Crippen LogP contribution in [0.3, 0.4) is 0 Å². The minimum atomic E-state index is -3.38. The van der Waals surface area contributed by atoms with Crippen LogP contribution in [0.1, 0.15) is 37.0 Å². The molecule has 1 aromatic heterocycles. The molecule has 0 N–H and O–H groups in total. The van der Waals surface area contributed by atoms with Gasteiger partial charge in [-0.15, -0.1) is 0 Å². The number of carbonyl (C=O) groups excluding carboxylic acids is 1. The monoisotopic (exact) mass is 445 g/mol. The lowest BCUT2D eigenvalue weighted by Crippen LogP contribution is -2.53. The van der Waals surface area contributed by atoms with Crippen LogP contribution in [0.4, 0.5) is 0 Å². The molecule has 31 heavy (non-hydrogen) atoms. The average molecular weight is 446 g/mol. The van der Waals surface area contributed by atoms with Crippen molar-refractivity contribution in [3.8, 4) is 0 Å². The van der Waals surface area contributed by atoms with Crippen LogP contribution in [0.2, 0.25) is 0 Å². The maximum atomic E-state index is 13.0. The van der Waals surface area contributed by atoms with E-state index in [1.165, 1.54) is 17.1 Å². The van der Waals surface area contributed by atoms with E-state index in [1.54, 1.807) is 11.2 Å². The van der Waals surface area contributed by atoms with E-state index in [-0.39, 0.29) is 11.7 Å². The summed E-state index contributed by atoms with van der Waals surface area (Å²) in [5, 5.41) is 0. The van der Waals surface area contributed by atoms with Crippen LogP contribution in [0.25, 0.3) is 0 Å². The zero-order chi connectivity index (χ0) is 21.7. The molecule has 1 aromatic carbocycles. The Kier molecular flexibility index (Phi) is 7.09. The van der Waals surface area contributed by atoms with Crippen molar-refractivity contribution in [3.63, 3.8) is 0 Å². The van der Waals surface area contributed by atoms with Crippen LogP contribution >= 0.6 is 0 Å². The molecule has 2 aromatic rings. The predicted molar refractivity (Wildman–Crippen MR) is 119 cm³/mol. The Morgan fingerprint density at radius 2 is 1.71 bits per heavy atom. The summed E-state index contributed by atoms with van der Waals surface area (Å²) in [4.78, 5) is 17.1. The van der Waals surface area contributed by atoms with Gasteiger partial charge in [-0.05, 0) is 30.5 Å². The summed E-state index contributed by atoms with van der Waals surface area (Å²) in [6.45, 7) is 2.56. The van der Waals surface area contributed by atoms with Crippen LogP contribution in [-0.2, 0) is 27.1 Å². The highest BCUT2D eigenvalue weighted by molar-refractivity contribution is 7.88. The first-order valence-electron chi connectivity index (χ1n) is 11.1. The molecule has 0 atom stereocenters. The molecule has 1 saturated heterocycles. The van der Waals surface area contributed by atoms with Crippen LogP contribution in [0, 0.1) is 0 Å². The second kappa shape index (κ2) is 9.97. The SMILES string of the molecule is O=C(CN(Cc1ccco1)C1CCCC1)N1CCN(S(=O)(=O)Cc2ccccc2)CC1. The average Bonchev–Trinajstić information content (AvgIpc) is 3.48. The van der Waals surface area contributed by atoms with Crippen LogP contribution in [-0.4, -0.2) is 67.2 Å². The molecule has 1 aliphatic carbocycles. The molecule has 1 amide bonds. The topological polar surface area (TPSA) is 74.1 Å². The van der Waals surface area contributed by atoms with Crippen molar-refractivity contribution in [2.24, 2.45) is 0 Å². The number of sulfonamides is 1. The summed E-state index contributed by atoms with van der Waals surface area (Å²) in [6, 6.07) is 13.5. The summed E-state index contributed by atoms with van der Waals surface area (Å²) in [5.74, 6) is 0.940. The van der Waals surface area contributed by atoms with Gasteiger partial charge in [0.1, 0.15) is 5.76 Å². The van der Waals surface area contributed by atoms with Crippen LogP contribution in [0.5, 0.6) is 0 Å². The maximum Gasteiger partial charge on any atom is 0.236 e. The Labute approximate surface area is 184 Å². The summed E-state index contributed by atoms with van der Waals surface area (Å²) in [6.07, 6.45) is 6.29. The Morgan fingerprint density at radius 1 is 1.00 bits per heavy atom. The smallest absolute Gasteiger partial charge is 0.236 e. The van der Waals surface area contributed by atoms with Crippen molar-refractivity contribution in [2.75, 3.05) is 32.7 Å². The second-order valence-electron chi connectivity index (χ2n) is 8.44. The molecule has 2 aliphatic rings. The molecule has 168 valence electrons. The first kappa shape index (κ1) is 22.0. The van der Waals surface area contributed by atoms with Gasteiger partial charge in [0.25, 0.3) is 0 Å². The fourth-order valence-corrected chi connectivity index (χ4v) is 6.07. The van der Waals surface area contributed by atoms with Gasteiger partial charge in [-0.2, -0.15) is 4.31 Å². The molecule has 1 saturated carbocycles. The first-order valence-corrected chi connectivity index (χ1v) is 12.7. The Balaban J connectivity index is 1.32. The van der Waals surface area contributed by atoms with Crippen LogP contribution in [0.15, 0.2) is 53.1 Å². The molecule has 2 fully saturated rings. The minimum Gasteiger partial charge on any atom is -0.468 e. The summed E-state index contributed by atoms with van der Waals surface area (Å²) < 4.78 is 32.6. The standard InChI is InChI=1S/C23H31N3O4S/c27-23(18-25(21-9-4-5-10-21)17-22-11-6-16-30-22)24-12-14-26(15-13-24)31(28,29)19-20-7-2-1-3-8-20/h1-3,6-8,11,16,21H,4-5,9-10,12-15,17-19H2. The van der Waals surface area contributed by atoms with Crippen molar-refractivity contribution < 1.29 is 17.6 Å². The third-order valence-corrected chi connectivity index (χ3v) is 8.15. The van der Waals surface area contributed by atoms with Crippen molar-refractivity contribution in [2.45, 2.75) is 44.0 Å². The fraction of sp³-hybridized carbons (Fsp3) is 0.522. The second-order valence-corrected chi connectivity index (χ2v) is 10.4. The molecular formula is C23H31N3O4S. The van der Waals surface area contributed by atoms with Crippen molar-refractivity contribution in [3.05, 3.63) is 60.1 Å². The lowest BCUT2D eigenvalue weighted by Gasteiger charge is -2.36. The number of hydrogen-bond acceptors (Lipinski definition) is 5. The van der Waals surface area contributed by atoms with Gasteiger partial charge in [0.15, 0.2) is 0 Å². The van der Waals surface area contributed by atoms with Gasteiger partial charge in [0.05, 0.1) is 25.1 Å². The van der Waals surface area contributed by atoms with Crippen molar-refractivity contribution in [1.82, 2.24) is 14.1 Å². The molecule has 0 spiro atoms. The van der Waals surface area contributed by atoms with Gasteiger partial charge >= 0.3 is 0 Å². The zero-order valence-corrected chi connectivity index (χ0v) is 18.7. The molecule has 7 nitrogen and oxygen atoms in total. The Bertz CT molecular complexity index is 932. The maximum absolute atomic E-state index is 13.0. The quantitative estimate of drug-likeness (QED) is 0.625. The molecule has 0 unspecified atom stereocenters.